The molecule has 1 aromatic rings. The van der Waals surface area contributed by atoms with Crippen molar-refractivity contribution in [3.8, 4) is 0 Å². The summed E-state index contributed by atoms with van der Waals surface area (Å²) in [7, 11) is 0. The van der Waals surface area contributed by atoms with Crippen LogP contribution in [0.2, 0.25) is 0 Å². The van der Waals surface area contributed by atoms with Gasteiger partial charge >= 0.3 is 5.97 Å². The average molecular weight is 283 g/mol. The van der Waals surface area contributed by atoms with Gasteiger partial charge in [-0.05, 0) is 18.2 Å². The van der Waals surface area contributed by atoms with Crippen molar-refractivity contribution < 1.29 is 14.4 Å². The van der Waals surface area contributed by atoms with Gasteiger partial charge in [-0.2, -0.15) is 0 Å². The maximum absolute atomic E-state index is 11.5. The number of nitrogens with one attached hydrogen (secondary N) is 1. The number of benzene rings is 1. The molecular weight excluding hydrogens is 276 g/mol. The van der Waals surface area contributed by atoms with Gasteiger partial charge in [-0.25, -0.2) is 4.79 Å². The molecule has 0 atom stereocenters. The Kier molecular flexibility index (Phi) is 2.74. The lowest BCUT2D eigenvalue weighted by Gasteiger charge is -1.97. The zero-order valence-electron chi connectivity index (χ0n) is 8.28. The Morgan fingerprint density at radius 1 is 1.50 bits per heavy atom. The van der Waals surface area contributed by atoms with Crippen LogP contribution in [-0.4, -0.2) is 17.6 Å². The van der Waals surface area contributed by atoms with E-state index in [0.29, 0.717) is 11.3 Å². The quantitative estimate of drug-likeness (QED) is 0.629. The van der Waals surface area contributed by atoms with Gasteiger partial charge in [0, 0.05) is 17.0 Å². The Balaban J connectivity index is 2.42. The van der Waals surface area contributed by atoms with Crippen molar-refractivity contribution in [3.63, 3.8) is 0 Å². The lowest BCUT2D eigenvalue weighted by atomic mass is 10.1. The van der Waals surface area contributed by atoms with E-state index >= 15 is 0 Å². The first-order valence-corrected chi connectivity index (χ1v) is 5.24. The molecule has 1 amide bonds. The molecule has 6 heteroatoms. The van der Waals surface area contributed by atoms with Gasteiger partial charge < -0.3 is 10.2 Å². The minimum atomic E-state index is -0.566. The predicted octanol–water partition coefficient (Wildman–Crippen LogP) is 1.67. The highest BCUT2D eigenvalue weighted by Gasteiger charge is 2.27. The molecule has 82 valence electrons. The van der Waals surface area contributed by atoms with E-state index in [1.54, 1.807) is 18.2 Å². The largest absolute Gasteiger partial charge is 0.332 e. The molecule has 0 aromatic heterocycles. The highest BCUT2D eigenvalue weighted by Crippen LogP contribution is 2.26. The highest BCUT2D eigenvalue weighted by atomic mass is 79.9. The van der Waals surface area contributed by atoms with Gasteiger partial charge in [0.2, 0.25) is 0 Å². The third kappa shape index (κ3) is 1.96. The number of anilines is 1. The van der Waals surface area contributed by atoms with Crippen molar-refractivity contribution >= 4 is 39.2 Å². The highest BCUT2D eigenvalue weighted by molar-refractivity contribution is 9.10. The van der Waals surface area contributed by atoms with Gasteiger partial charge in [-0.1, -0.05) is 21.1 Å². The maximum atomic E-state index is 11.5. The number of hydrogen-bond donors (Lipinski definition) is 1. The summed E-state index contributed by atoms with van der Waals surface area (Å²) in [4.78, 5) is 26.6. The van der Waals surface area contributed by atoms with Gasteiger partial charge in [0.05, 0.1) is 5.69 Å². The Labute approximate surface area is 99.6 Å². The van der Waals surface area contributed by atoms with E-state index in [4.69, 9.17) is 0 Å². The predicted molar refractivity (Wildman–Crippen MR) is 61.1 cm³/mol. The molecule has 1 aliphatic heterocycles. The summed E-state index contributed by atoms with van der Waals surface area (Å²) in [5.74, 6) is -0.946. The number of amides is 1. The maximum Gasteiger partial charge on any atom is 0.332 e. The van der Waals surface area contributed by atoms with Crippen LogP contribution in [0.4, 0.5) is 5.69 Å². The fourth-order valence-corrected chi connectivity index (χ4v) is 1.69. The second-order valence-corrected chi connectivity index (χ2v) is 4.08. The summed E-state index contributed by atoms with van der Waals surface area (Å²) in [6, 6.07) is 5.27. The molecule has 16 heavy (non-hydrogen) atoms. The van der Waals surface area contributed by atoms with Crippen LogP contribution >= 0.6 is 15.9 Å². The van der Waals surface area contributed by atoms with Crippen LogP contribution in [0, 0.1) is 0 Å². The van der Waals surface area contributed by atoms with Crippen LogP contribution < -0.4 is 5.32 Å². The van der Waals surface area contributed by atoms with Gasteiger partial charge in [0.25, 0.3) is 5.91 Å². The fraction of sp³-hybridized carbons (Fsp3) is 0.100. The van der Waals surface area contributed by atoms with E-state index in [2.05, 4.69) is 31.2 Å². The number of nitrogens with zero attached hydrogens (tertiary/aromatic N) is 1. The first kappa shape index (κ1) is 10.8. The van der Waals surface area contributed by atoms with Crippen molar-refractivity contribution in [3.05, 3.63) is 28.2 Å². The molecule has 0 unspecified atom stereocenters. The van der Waals surface area contributed by atoms with Crippen LogP contribution in [0.15, 0.2) is 27.8 Å². The molecule has 0 radical (unpaired) electrons. The lowest BCUT2D eigenvalue weighted by Crippen LogP contribution is -2.15. The SMILES string of the molecule is CC(=O)ON=C1C(=O)Nc2ccc(Br)cc21. The fourth-order valence-electron chi connectivity index (χ4n) is 1.33. The van der Waals surface area contributed by atoms with Crippen molar-refractivity contribution in [2.75, 3.05) is 5.32 Å². The zero-order valence-corrected chi connectivity index (χ0v) is 9.87. The van der Waals surface area contributed by atoms with Crippen molar-refractivity contribution in [1.82, 2.24) is 0 Å². The molecule has 1 heterocycles. The lowest BCUT2D eigenvalue weighted by molar-refractivity contribution is -0.140. The Morgan fingerprint density at radius 3 is 2.94 bits per heavy atom. The van der Waals surface area contributed by atoms with Crippen molar-refractivity contribution in [2.24, 2.45) is 5.16 Å². The molecule has 0 aliphatic carbocycles. The number of halogens is 1. The number of oxime groups is 1. The molecule has 1 aliphatic rings. The first-order valence-electron chi connectivity index (χ1n) is 4.45. The Morgan fingerprint density at radius 2 is 2.25 bits per heavy atom. The third-order valence-electron chi connectivity index (χ3n) is 1.97. The summed E-state index contributed by atoms with van der Waals surface area (Å²) in [5, 5.41) is 6.14. The molecule has 0 bridgehead atoms. The molecule has 1 N–H and O–H groups in total. The van der Waals surface area contributed by atoms with Crippen molar-refractivity contribution in [1.29, 1.82) is 0 Å². The van der Waals surface area contributed by atoms with Crippen LogP contribution in [-0.2, 0) is 14.4 Å². The zero-order chi connectivity index (χ0) is 11.7. The molecule has 5 nitrogen and oxygen atoms in total. The van der Waals surface area contributed by atoms with E-state index in [1.807, 2.05) is 0 Å². The standard InChI is InChI=1S/C10H7BrN2O3/c1-5(14)16-13-9-7-4-6(11)2-3-8(7)12-10(9)15/h2-4H,1H3,(H,12,13,15). The second-order valence-electron chi connectivity index (χ2n) is 3.17. The van der Waals surface area contributed by atoms with Crippen LogP contribution in [0.5, 0.6) is 0 Å². The van der Waals surface area contributed by atoms with Gasteiger partial charge in [-0.15, -0.1) is 0 Å². The van der Waals surface area contributed by atoms with Gasteiger partial charge in [0.15, 0.2) is 5.71 Å². The molecule has 0 fully saturated rings. The summed E-state index contributed by atoms with van der Waals surface area (Å²) in [5.41, 5.74) is 1.37. The number of fused-ring (bicyclic) bond motifs is 1. The molecular formula is C10H7BrN2O3. The Hall–Kier alpha value is -1.69. The van der Waals surface area contributed by atoms with Crippen LogP contribution in [0.3, 0.4) is 0 Å². The molecule has 0 saturated heterocycles. The van der Waals surface area contributed by atoms with E-state index < -0.39 is 5.97 Å². The first-order chi connectivity index (χ1) is 7.58. The molecule has 2 rings (SSSR count). The van der Waals surface area contributed by atoms with Gasteiger partial charge in [-0.3, -0.25) is 4.79 Å². The number of carbonyl (C=O) groups is 2. The van der Waals surface area contributed by atoms with Gasteiger partial charge in [0.1, 0.15) is 0 Å². The smallest absolute Gasteiger partial charge is 0.320 e. The summed E-state index contributed by atoms with van der Waals surface area (Å²) >= 11 is 3.29. The normalized spacial score (nSPS) is 15.9. The molecule has 1 aromatic carbocycles. The third-order valence-corrected chi connectivity index (χ3v) is 2.46. The monoisotopic (exact) mass is 282 g/mol. The molecule has 0 spiro atoms. The Bertz CT molecular complexity index is 511. The summed E-state index contributed by atoms with van der Waals surface area (Å²) < 4.78 is 0.818. The minimum absolute atomic E-state index is 0.103. The topological polar surface area (TPSA) is 67.8 Å². The van der Waals surface area contributed by atoms with Crippen LogP contribution in [0.1, 0.15) is 12.5 Å². The van der Waals surface area contributed by atoms with E-state index in [-0.39, 0.29) is 11.6 Å². The van der Waals surface area contributed by atoms with Crippen molar-refractivity contribution in [2.45, 2.75) is 6.92 Å². The van der Waals surface area contributed by atoms with Crippen LogP contribution in [0.25, 0.3) is 0 Å². The summed E-state index contributed by atoms with van der Waals surface area (Å²) in [6.45, 7) is 1.22. The summed E-state index contributed by atoms with van der Waals surface area (Å²) in [6.07, 6.45) is 0. The van der Waals surface area contributed by atoms with E-state index in [1.165, 1.54) is 6.92 Å². The number of carbonyl (C=O) groups excluding carboxylic acids is 2. The molecule has 0 saturated carbocycles. The minimum Gasteiger partial charge on any atom is -0.320 e. The average Bonchev–Trinajstić information content (AvgIpc) is 2.51. The van der Waals surface area contributed by atoms with E-state index in [0.717, 1.165) is 4.47 Å². The number of rotatable bonds is 1. The van der Waals surface area contributed by atoms with E-state index in [9.17, 15) is 9.59 Å². The second kappa shape index (κ2) is 4.05. The number of hydrogen-bond acceptors (Lipinski definition) is 4.